The van der Waals surface area contributed by atoms with Gasteiger partial charge in [-0.1, -0.05) is 0 Å². The van der Waals surface area contributed by atoms with Crippen LogP contribution in [0.1, 0.15) is 6.92 Å². The summed E-state index contributed by atoms with van der Waals surface area (Å²) in [7, 11) is 1.50. The summed E-state index contributed by atoms with van der Waals surface area (Å²) >= 11 is 0. The van der Waals surface area contributed by atoms with Gasteiger partial charge in [0.15, 0.2) is 0 Å². The summed E-state index contributed by atoms with van der Waals surface area (Å²) in [6.07, 6.45) is 0. The van der Waals surface area contributed by atoms with Gasteiger partial charge in [-0.05, 0) is 31.2 Å². The summed E-state index contributed by atoms with van der Waals surface area (Å²) in [5, 5.41) is 11.0. The van der Waals surface area contributed by atoms with E-state index >= 15 is 0 Å². The van der Waals surface area contributed by atoms with Crippen molar-refractivity contribution < 1.29 is 9.13 Å². The van der Waals surface area contributed by atoms with Gasteiger partial charge in [-0.2, -0.15) is 0 Å². The molecule has 0 saturated heterocycles. The van der Waals surface area contributed by atoms with E-state index in [4.69, 9.17) is 4.74 Å². The third-order valence-electron chi connectivity index (χ3n) is 2.47. The average molecular weight is 247 g/mol. The van der Waals surface area contributed by atoms with Crippen molar-refractivity contribution in [3.05, 3.63) is 36.1 Å². The molecular weight excluding hydrogens is 233 g/mol. The van der Waals surface area contributed by atoms with Gasteiger partial charge >= 0.3 is 0 Å². The predicted molar refractivity (Wildman–Crippen MR) is 68.1 cm³/mol. The molecule has 0 spiro atoms. The van der Waals surface area contributed by atoms with E-state index in [2.05, 4.69) is 15.5 Å². The summed E-state index contributed by atoms with van der Waals surface area (Å²) in [6, 6.07) is 8.16. The Morgan fingerprint density at radius 2 is 2.06 bits per heavy atom. The highest BCUT2D eigenvalue weighted by Gasteiger charge is 2.08. The molecule has 0 fully saturated rings. The smallest absolute Gasteiger partial charge is 0.148 e. The molecular formula is C13H14FN3O. The highest BCUT2D eigenvalue weighted by molar-refractivity contribution is 5.61. The molecule has 94 valence electrons. The minimum Gasteiger partial charge on any atom is -0.497 e. The molecule has 1 heterocycles. The lowest BCUT2D eigenvalue weighted by Gasteiger charge is -2.06. The molecule has 0 aliphatic heterocycles. The van der Waals surface area contributed by atoms with Gasteiger partial charge in [0.05, 0.1) is 12.8 Å². The van der Waals surface area contributed by atoms with Crippen LogP contribution in [0.15, 0.2) is 30.3 Å². The van der Waals surface area contributed by atoms with Crippen LogP contribution in [-0.4, -0.2) is 23.9 Å². The Bertz CT molecular complexity index is 528. The third kappa shape index (κ3) is 2.56. The van der Waals surface area contributed by atoms with Gasteiger partial charge in [0.25, 0.3) is 0 Å². The lowest BCUT2D eigenvalue weighted by atomic mass is 10.1. The van der Waals surface area contributed by atoms with Crippen LogP contribution in [0, 0.1) is 5.82 Å². The van der Waals surface area contributed by atoms with Crippen LogP contribution in [0.2, 0.25) is 0 Å². The van der Waals surface area contributed by atoms with Crippen LogP contribution < -0.4 is 10.1 Å². The molecule has 0 bridgehead atoms. The second-order valence-corrected chi connectivity index (χ2v) is 3.68. The second-order valence-electron chi connectivity index (χ2n) is 3.68. The third-order valence-corrected chi connectivity index (χ3v) is 2.47. The molecule has 0 radical (unpaired) electrons. The highest BCUT2D eigenvalue weighted by Crippen LogP contribution is 2.24. The normalized spacial score (nSPS) is 10.2. The second kappa shape index (κ2) is 5.44. The van der Waals surface area contributed by atoms with Crippen molar-refractivity contribution >= 4 is 5.82 Å². The molecule has 2 aromatic rings. The van der Waals surface area contributed by atoms with Crippen LogP contribution in [0.4, 0.5) is 10.2 Å². The summed E-state index contributed by atoms with van der Waals surface area (Å²) in [4.78, 5) is 0. The van der Waals surface area contributed by atoms with E-state index in [1.54, 1.807) is 24.3 Å². The Kier molecular flexibility index (Phi) is 3.72. The molecule has 5 heteroatoms. The van der Waals surface area contributed by atoms with E-state index in [1.807, 2.05) is 6.92 Å². The van der Waals surface area contributed by atoms with E-state index in [1.165, 1.54) is 13.2 Å². The number of rotatable bonds is 4. The molecule has 1 aromatic heterocycles. The highest BCUT2D eigenvalue weighted by atomic mass is 19.1. The number of anilines is 1. The number of hydrogen-bond acceptors (Lipinski definition) is 4. The van der Waals surface area contributed by atoms with E-state index in [0.29, 0.717) is 22.8 Å². The Balaban J connectivity index is 2.30. The van der Waals surface area contributed by atoms with Crippen LogP contribution in [0.5, 0.6) is 5.75 Å². The van der Waals surface area contributed by atoms with Crippen LogP contribution in [0.3, 0.4) is 0 Å². The molecule has 2 rings (SSSR count). The van der Waals surface area contributed by atoms with Gasteiger partial charge in [-0.15, -0.1) is 10.2 Å². The first-order valence-electron chi connectivity index (χ1n) is 5.66. The first-order chi connectivity index (χ1) is 8.74. The van der Waals surface area contributed by atoms with Gasteiger partial charge < -0.3 is 10.1 Å². The fourth-order valence-electron chi connectivity index (χ4n) is 1.58. The van der Waals surface area contributed by atoms with Gasteiger partial charge in [-0.25, -0.2) is 4.39 Å². The molecule has 0 amide bonds. The number of halogens is 1. The molecule has 4 nitrogen and oxygen atoms in total. The predicted octanol–water partition coefficient (Wildman–Crippen LogP) is 2.72. The summed E-state index contributed by atoms with van der Waals surface area (Å²) < 4.78 is 18.8. The SMILES string of the molecule is CCNc1ccc(-c2ccc(OC)cc2F)nn1. The van der Waals surface area contributed by atoms with Crippen molar-refractivity contribution in [2.24, 2.45) is 0 Å². The van der Waals surface area contributed by atoms with Crippen molar-refractivity contribution in [2.45, 2.75) is 6.92 Å². The van der Waals surface area contributed by atoms with E-state index in [9.17, 15) is 4.39 Å². The fraction of sp³-hybridized carbons (Fsp3) is 0.231. The topological polar surface area (TPSA) is 47.0 Å². The van der Waals surface area contributed by atoms with Gasteiger partial charge in [0.1, 0.15) is 17.4 Å². The first-order valence-corrected chi connectivity index (χ1v) is 5.66. The Morgan fingerprint density at radius 1 is 1.22 bits per heavy atom. The zero-order valence-electron chi connectivity index (χ0n) is 10.3. The summed E-state index contributed by atoms with van der Waals surface area (Å²) in [5.41, 5.74) is 0.906. The average Bonchev–Trinajstić information content (AvgIpc) is 2.40. The van der Waals surface area contributed by atoms with Crippen molar-refractivity contribution in [3.63, 3.8) is 0 Å². The summed E-state index contributed by atoms with van der Waals surface area (Å²) in [6.45, 7) is 2.74. The molecule has 0 atom stereocenters. The number of hydrogen-bond donors (Lipinski definition) is 1. The molecule has 0 aliphatic rings. The molecule has 1 aromatic carbocycles. The monoisotopic (exact) mass is 247 g/mol. The molecule has 0 unspecified atom stereocenters. The summed E-state index contributed by atoms with van der Waals surface area (Å²) in [5.74, 6) is 0.781. The lowest BCUT2D eigenvalue weighted by molar-refractivity contribution is 0.411. The lowest BCUT2D eigenvalue weighted by Crippen LogP contribution is -2.01. The largest absolute Gasteiger partial charge is 0.497 e. The number of methoxy groups -OCH3 is 1. The minimum absolute atomic E-state index is 0.375. The van der Waals surface area contributed by atoms with Crippen LogP contribution in [-0.2, 0) is 0 Å². The molecule has 0 aliphatic carbocycles. The van der Waals surface area contributed by atoms with Crippen molar-refractivity contribution in [1.82, 2.24) is 10.2 Å². The standard InChI is InChI=1S/C13H14FN3O/c1-3-15-13-7-6-12(16-17-13)10-5-4-9(18-2)8-11(10)14/h4-8H,3H2,1-2H3,(H,15,17). The minimum atomic E-state index is -0.375. The molecule has 1 N–H and O–H groups in total. The van der Waals surface area contributed by atoms with Gasteiger partial charge in [0.2, 0.25) is 0 Å². The van der Waals surface area contributed by atoms with E-state index < -0.39 is 0 Å². The van der Waals surface area contributed by atoms with E-state index in [0.717, 1.165) is 6.54 Å². The zero-order valence-corrected chi connectivity index (χ0v) is 10.3. The van der Waals surface area contributed by atoms with Crippen molar-refractivity contribution in [3.8, 4) is 17.0 Å². The maximum absolute atomic E-state index is 13.8. The van der Waals surface area contributed by atoms with Crippen molar-refractivity contribution in [2.75, 3.05) is 19.0 Å². The van der Waals surface area contributed by atoms with Crippen LogP contribution in [0.25, 0.3) is 11.3 Å². The Labute approximate surface area is 105 Å². The number of nitrogens with zero attached hydrogens (tertiary/aromatic N) is 2. The van der Waals surface area contributed by atoms with Gasteiger partial charge in [-0.3, -0.25) is 0 Å². The van der Waals surface area contributed by atoms with Crippen LogP contribution >= 0.6 is 0 Å². The maximum Gasteiger partial charge on any atom is 0.148 e. The number of nitrogens with one attached hydrogen (secondary N) is 1. The zero-order chi connectivity index (χ0) is 13.0. The maximum atomic E-state index is 13.8. The number of benzene rings is 1. The van der Waals surface area contributed by atoms with Gasteiger partial charge in [0, 0.05) is 18.2 Å². The molecule has 18 heavy (non-hydrogen) atoms. The Morgan fingerprint density at radius 3 is 2.61 bits per heavy atom. The van der Waals surface area contributed by atoms with E-state index in [-0.39, 0.29) is 5.82 Å². The quantitative estimate of drug-likeness (QED) is 0.902. The Hall–Kier alpha value is -2.17. The van der Waals surface area contributed by atoms with Crippen molar-refractivity contribution in [1.29, 1.82) is 0 Å². The molecule has 0 saturated carbocycles. The number of ether oxygens (including phenoxy) is 1. The fourth-order valence-corrected chi connectivity index (χ4v) is 1.58. The number of aromatic nitrogens is 2. The first kappa shape index (κ1) is 12.3.